The fraction of sp³-hybridized carbons (Fsp3) is 0.458. The number of hydrogen-bond acceptors (Lipinski definition) is 4. The first-order valence-corrected chi connectivity index (χ1v) is 10.4. The zero-order valence-electron chi connectivity index (χ0n) is 17.6. The molecule has 5 heteroatoms. The number of benzene rings is 2. The van der Waals surface area contributed by atoms with E-state index in [0.717, 1.165) is 12.8 Å². The summed E-state index contributed by atoms with van der Waals surface area (Å²) in [5, 5.41) is 3.15. The van der Waals surface area contributed by atoms with E-state index in [4.69, 9.17) is 14.2 Å². The largest absolute Gasteiger partial charge is 0.490 e. The molecule has 1 saturated heterocycles. The second kappa shape index (κ2) is 9.79. The van der Waals surface area contributed by atoms with Gasteiger partial charge in [0.05, 0.1) is 13.2 Å². The van der Waals surface area contributed by atoms with Crippen LogP contribution in [0.3, 0.4) is 0 Å². The van der Waals surface area contributed by atoms with Gasteiger partial charge in [-0.1, -0.05) is 29.8 Å². The van der Waals surface area contributed by atoms with Gasteiger partial charge in [0.25, 0.3) is 5.91 Å². The lowest BCUT2D eigenvalue weighted by Crippen LogP contribution is -2.44. The Bertz CT molecular complexity index is 810. The average molecular weight is 398 g/mol. The van der Waals surface area contributed by atoms with Gasteiger partial charge in [0.15, 0.2) is 11.5 Å². The minimum atomic E-state index is -0.105. The third-order valence-corrected chi connectivity index (χ3v) is 5.51. The van der Waals surface area contributed by atoms with Crippen molar-refractivity contribution in [3.8, 4) is 11.5 Å². The van der Waals surface area contributed by atoms with E-state index in [1.165, 1.54) is 11.1 Å². The van der Waals surface area contributed by atoms with E-state index in [0.29, 0.717) is 50.0 Å². The van der Waals surface area contributed by atoms with Gasteiger partial charge in [-0.2, -0.15) is 0 Å². The summed E-state index contributed by atoms with van der Waals surface area (Å²) in [6.07, 6.45) is 1.79. The molecular weight excluding hydrogens is 366 g/mol. The monoisotopic (exact) mass is 397 g/mol. The molecule has 29 heavy (non-hydrogen) atoms. The van der Waals surface area contributed by atoms with E-state index in [1.807, 2.05) is 13.8 Å². The Kier molecular flexibility index (Phi) is 7.15. The van der Waals surface area contributed by atoms with Gasteiger partial charge >= 0.3 is 0 Å². The minimum Gasteiger partial charge on any atom is -0.490 e. The summed E-state index contributed by atoms with van der Waals surface area (Å²) in [6.45, 7) is 8.99. The number of amides is 1. The quantitative estimate of drug-likeness (QED) is 0.723. The van der Waals surface area contributed by atoms with Crippen LogP contribution >= 0.6 is 0 Å². The summed E-state index contributed by atoms with van der Waals surface area (Å²) in [5.74, 6) is 1.15. The van der Waals surface area contributed by atoms with Gasteiger partial charge in [-0.3, -0.25) is 4.79 Å². The van der Waals surface area contributed by atoms with Crippen molar-refractivity contribution >= 4 is 5.91 Å². The first-order valence-electron chi connectivity index (χ1n) is 10.4. The van der Waals surface area contributed by atoms with Crippen LogP contribution in [0.1, 0.15) is 48.2 Å². The third-order valence-electron chi connectivity index (χ3n) is 5.51. The maximum absolute atomic E-state index is 12.9. The molecule has 1 heterocycles. The zero-order valence-corrected chi connectivity index (χ0v) is 17.6. The standard InChI is InChI=1S/C24H31NO4/c1-4-28-21-11-8-19(16-22(21)29-5-2)23(26)25-17-24(12-14-27-15-13-24)20-9-6-18(3)7-10-20/h6-11,16H,4-5,12-15,17H2,1-3H3,(H,25,26). The number of ether oxygens (including phenoxy) is 3. The molecular formula is C24H31NO4. The zero-order chi connectivity index (χ0) is 20.7. The lowest BCUT2D eigenvalue weighted by atomic mass is 9.74. The summed E-state index contributed by atoms with van der Waals surface area (Å²) in [5.41, 5.74) is 2.96. The van der Waals surface area contributed by atoms with Gasteiger partial charge in [-0.15, -0.1) is 0 Å². The molecule has 5 nitrogen and oxygen atoms in total. The maximum Gasteiger partial charge on any atom is 0.251 e. The highest BCUT2D eigenvalue weighted by Crippen LogP contribution is 2.35. The van der Waals surface area contributed by atoms with Crippen LogP contribution in [-0.4, -0.2) is 38.9 Å². The van der Waals surface area contributed by atoms with Gasteiger partial charge in [0.1, 0.15) is 0 Å². The summed E-state index contributed by atoms with van der Waals surface area (Å²) < 4.78 is 16.8. The average Bonchev–Trinajstić information content (AvgIpc) is 2.75. The Hall–Kier alpha value is -2.53. The smallest absolute Gasteiger partial charge is 0.251 e. The molecule has 2 aromatic carbocycles. The normalized spacial score (nSPS) is 15.6. The molecule has 156 valence electrons. The van der Waals surface area contributed by atoms with E-state index in [-0.39, 0.29) is 11.3 Å². The van der Waals surface area contributed by atoms with E-state index in [2.05, 4.69) is 36.5 Å². The number of rotatable bonds is 8. The second-order valence-electron chi connectivity index (χ2n) is 7.47. The number of carbonyl (C=O) groups excluding carboxylic acids is 1. The molecule has 0 bridgehead atoms. The number of aryl methyl sites for hydroxylation is 1. The summed E-state index contributed by atoms with van der Waals surface area (Å²) >= 11 is 0. The van der Waals surface area contributed by atoms with Crippen molar-refractivity contribution in [1.82, 2.24) is 5.32 Å². The highest BCUT2D eigenvalue weighted by molar-refractivity contribution is 5.95. The molecule has 3 rings (SSSR count). The Morgan fingerprint density at radius 3 is 2.31 bits per heavy atom. The maximum atomic E-state index is 12.9. The number of hydrogen-bond donors (Lipinski definition) is 1. The Morgan fingerprint density at radius 2 is 1.66 bits per heavy atom. The lowest BCUT2D eigenvalue weighted by Gasteiger charge is -2.38. The third kappa shape index (κ3) is 5.10. The van der Waals surface area contributed by atoms with Crippen LogP contribution < -0.4 is 14.8 Å². The lowest BCUT2D eigenvalue weighted by molar-refractivity contribution is 0.0487. The van der Waals surface area contributed by atoms with Gasteiger partial charge in [-0.05, 0) is 57.4 Å². The van der Waals surface area contributed by atoms with Crippen LogP contribution in [0.5, 0.6) is 11.5 Å². The van der Waals surface area contributed by atoms with E-state index >= 15 is 0 Å². The van der Waals surface area contributed by atoms with Crippen LogP contribution in [0.4, 0.5) is 0 Å². The van der Waals surface area contributed by atoms with Crippen molar-refractivity contribution in [3.63, 3.8) is 0 Å². The summed E-state index contributed by atoms with van der Waals surface area (Å²) in [7, 11) is 0. The highest BCUT2D eigenvalue weighted by atomic mass is 16.5. The van der Waals surface area contributed by atoms with Crippen LogP contribution in [0, 0.1) is 6.92 Å². The molecule has 0 aromatic heterocycles. The van der Waals surface area contributed by atoms with Crippen LogP contribution in [0.15, 0.2) is 42.5 Å². The molecule has 1 aliphatic rings. The van der Waals surface area contributed by atoms with Gasteiger partial charge < -0.3 is 19.5 Å². The van der Waals surface area contributed by atoms with Crippen LogP contribution in [0.2, 0.25) is 0 Å². The van der Waals surface area contributed by atoms with E-state index in [9.17, 15) is 4.79 Å². The van der Waals surface area contributed by atoms with Crippen LogP contribution in [0.25, 0.3) is 0 Å². The van der Waals surface area contributed by atoms with Crippen molar-refractivity contribution in [2.24, 2.45) is 0 Å². The van der Waals surface area contributed by atoms with Gasteiger partial charge in [0.2, 0.25) is 0 Å². The van der Waals surface area contributed by atoms with Crippen molar-refractivity contribution < 1.29 is 19.0 Å². The molecule has 0 atom stereocenters. The Morgan fingerprint density at radius 1 is 1.00 bits per heavy atom. The molecule has 1 N–H and O–H groups in total. The second-order valence-corrected chi connectivity index (χ2v) is 7.47. The summed E-state index contributed by atoms with van der Waals surface area (Å²) in [6, 6.07) is 14.0. The van der Waals surface area contributed by atoms with Gasteiger partial charge in [0, 0.05) is 30.7 Å². The van der Waals surface area contributed by atoms with Gasteiger partial charge in [-0.25, -0.2) is 0 Å². The Labute approximate surface area is 173 Å². The highest BCUT2D eigenvalue weighted by Gasteiger charge is 2.35. The fourth-order valence-electron chi connectivity index (χ4n) is 3.78. The predicted molar refractivity (Wildman–Crippen MR) is 114 cm³/mol. The molecule has 1 aliphatic heterocycles. The molecule has 2 aromatic rings. The first kappa shape index (κ1) is 21.2. The molecule has 0 unspecified atom stereocenters. The molecule has 0 aliphatic carbocycles. The number of carbonyl (C=O) groups is 1. The molecule has 0 spiro atoms. The number of nitrogens with one attached hydrogen (secondary N) is 1. The predicted octanol–water partition coefficient (Wildman–Crippen LogP) is 4.27. The topological polar surface area (TPSA) is 56.8 Å². The SMILES string of the molecule is CCOc1ccc(C(=O)NCC2(c3ccc(C)cc3)CCOCC2)cc1OCC. The van der Waals surface area contributed by atoms with Crippen molar-refractivity contribution in [1.29, 1.82) is 0 Å². The molecule has 0 saturated carbocycles. The van der Waals surface area contributed by atoms with Crippen molar-refractivity contribution in [3.05, 3.63) is 59.2 Å². The molecule has 1 amide bonds. The van der Waals surface area contributed by atoms with Crippen molar-refractivity contribution in [2.75, 3.05) is 33.0 Å². The molecule has 0 radical (unpaired) electrons. The van der Waals surface area contributed by atoms with E-state index < -0.39 is 0 Å². The molecule has 1 fully saturated rings. The summed E-state index contributed by atoms with van der Waals surface area (Å²) in [4.78, 5) is 12.9. The van der Waals surface area contributed by atoms with Crippen LogP contribution in [-0.2, 0) is 10.2 Å². The first-order chi connectivity index (χ1) is 14.1. The fourth-order valence-corrected chi connectivity index (χ4v) is 3.78. The van der Waals surface area contributed by atoms with E-state index in [1.54, 1.807) is 18.2 Å². The Balaban J connectivity index is 1.76. The minimum absolute atomic E-state index is 0.102. The van der Waals surface area contributed by atoms with Crippen molar-refractivity contribution in [2.45, 2.75) is 39.0 Å².